The molecule has 1 aromatic rings. The molecule has 0 atom stereocenters. The number of carbonyl (C=O) groups is 1. The lowest BCUT2D eigenvalue weighted by atomic mass is 9.94. The first-order valence-corrected chi connectivity index (χ1v) is 8.73. The molecule has 0 unspecified atom stereocenters. The molecular formula is C17H25BrN2O2. The van der Waals surface area contributed by atoms with Gasteiger partial charge < -0.3 is 15.7 Å². The van der Waals surface area contributed by atoms with Crippen LogP contribution in [0.3, 0.4) is 0 Å². The number of halogens is 1. The van der Waals surface area contributed by atoms with Gasteiger partial charge in [-0.2, -0.15) is 0 Å². The third kappa shape index (κ3) is 4.71. The predicted octanol–water partition coefficient (Wildman–Crippen LogP) is 4.27. The molecule has 0 radical (unpaired) electrons. The Morgan fingerprint density at radius 3 is 2.27 bits per heavy atom. The first-order valence-electron chi connectivity index (χ1n) is 7.94. The molecule has 0 saturated heterocycles. The highest BCUT2D eigenvalue weighted by molar-refractivity contribution is 9.10. The number of hydrogen-bond donors (Lipinski definition) is 3. The molecule has 0 bridgehead atoms. The summed E-state index contributed by atoms with van der Waals surface area (Å²) in [6.45, 7) is 4.24. The first-order chi connectivity index (χ1) is 10.4. The number of anilines is 1. The summed E-state index contributed by atoms with van der Waals surface area (Å²) in [5.41, 5.74) is 2.09. The Kier molecular flexibility index (Phi) is 5.87. The number of aliphatic hydroxyl groups is 1. The van der Waals surface area contributed by atoms with Crippen molar-refractivity contribution in [2.24, 2.45) is 0 Å². The van der Waals surface area contributed by atoms with Crippen molar-refractivity contribution >= 4 is 27.6 Å². The molecule has 0 spiro atoms. The summed E-state index contributed by atoms with van der Waals surface area (Å²) in [5.74, 6) is 0. The van der Waals surface area contributed by atoms with Crippen molar-refractivity contribution in [2.75, 3.05) is 11.9 Å². The van der Waals surface area contributed by atoms with Gasteiger partial charge in [-0.3, -0.25) is 0 Å². The number of benzene rings is 1. The molecule has 1 aromatic carbocycles. The molecule has 2 rings (SSSR count). The van der Waals surface area contributed by atoms with Crippen molar-refractivity contribution < 1.29 is 9.90 Å². The van der Waals surface area contributed by atoms with Crippen LogP contribution in [-0.2, 0) is 0 Å². The summed E-state index contributed by atoms with van der Waals surface area (Å²) in [5, 5.41) is 16.3. The Hall–Kier alpha value is -1.07. The molecule has 0 heterocycles. The molecule has 0 aromatic heterocycles. The number of amides is 2. The quantitative estimate of drug-likeness (QED) is 0.697. The Morgan fingerprint density at radius 2 is 1.73 bits per heavy atom. The highest BCUT2D eigenvalue weighted by Crippen LogP contribution is 2.27. The lowest BCUT2D eigenvalue weighted by molar-refractivity contribution is 0.0281. The standard InChI is InChI=1S/C17H25BrN2O2/c1-12-9-14(18)10-13(2)15(12)20-16(21)19-11-17(22)7-5-3-4-6-8-17/h9-10,22H,3-8,11H2,1-2H3,(H2,19,20,21). The zero-order chi connectivity index (χ0) is 16.2. The minimum atomic E-state index is -0.752. The SMILES string of the molecule is Cc1cc(Br)cc(C)c1NC(=O)NCC1(O)CCCCCC1. The van der Waals surface area contributed by atoms with E-state index in [0.29, 0.717) is 6.54 Å². The van der Waals surface area contributed by atoms with Crippen molar-refractivity contribution in [2.45, 2.75) is 58.0 Å². The molecule has 1 aliphatic rings. The summed E-state index contributed by atoms with van der Waals surface area (Å²) in [6, 6.07) is 3.69. The average Bonchev–Trinajstić information content (AvgIpc) is 2.66. The van der Waals surface area contributed by atoms with Gasteiger partial charge in [0.05, 0.1) is 5.60 Å². The maximum absolute atomic E-state index is 12.1. The smallest absolute Gasteiger partial charge is 0.319 e. The zero-order valence-corrected chi connectivity index (χ0v) is 14.9. The third-order valence-electron chi connectivity index (χ3n) is 4.35. The van der Waals surface area contributed by atoms with Gasteiger partial charge in [0, 0.05) is 16.7 Å². The summed E-state index contributed by atoms with van der Waals surface area (Å²) < 4.78 is 1.00. The lowest BCUT2D eigenvalue weighted by Gasteiger charge is -2.27. The Morgan fingerprint density at radius 1 is 1.18 bits per heavy atom. The predicted molar refractivity (Wildman–Crippen MR) is 93.3 cm³/mol. The van der Waals surface area contributed by atoms with Crippen molar-refractivity contribution in [1.82, 2.24) is 5.32 Å². The maximum atomic E-state index is 12.1. The topological polar surface area (TPSA) is 61.4 Å². The van der Waals surface area contributed by atoms with Crippen LogP contribution in [0.4, 0.5) is 10.5 Å². The van der Waals surface area contributed by atoms with Crippen LogP contribution in [0.5, 0.6) is 0 Å². The van der Waals surface area contributed by atoms with Crippen LogP contribution in [0, 0.1) is 13.8 Å². The van der Waals surface area contributed by atoms with E-state index in [9.17, 15) is 9.90 Å². The second-order valence-electron chi connectivity index (χ2n) is 6.36. The summed E-state index contributed by atoms with van der Waals surface area (Å²) in [7, 11) is 0. The normalized spacial score (nSPS) is 17.6. The highest BCUT2D eigenvalue weighted by Gasteiger charge is 2.28. The molecule has 122 valence electrons. The molecule has 2 amide bonds. The van der Waals surface area contributed by atoms with E-state index < -0.39 is 5.60 Å². The van der Waals surface area contributed by atoms with Gasteiger partial charge in [-0.25, -0.2) is 4.79 Å². The zero-order valence-electron chi connectivity index (χ0n) is 13.3. The van der Waals surface area contributed by atoms with Gasteiger partial charge >= 0.3 is 6.03 Å². The fraction of sp³-hybridized carbons (Fsp3) is 0.588. The lowest BCUT2D eigenvalue weighted by Crippen LogP contribution is -2.44. The fourth-order valence-corrected chi connectivity index (χ4v) is 3.76. The van der Waals surface area contributed by atoms with Gasteiger partial charge in [0.25, 0.3) is 0 Å². The second kappa shape index (κ2) is 7.47. The van der Waals surface area contributed by atoms with E-state index in [1.807, 2.05) is 26.0 Å². The van der Waals surface area contributed by atoms with E-state index >= 15 is 0 Å². The Balaban J connectivity index is 1.93. The van der Waals surface area contributed by atoms with E-state index in [1.165, 1.54) is 12.8 Å². The van der Waals surface area contributed by atoms with Crippen LogP contribution < -0.4 is 10.6 Å². The number of hydrogen-bond acceptors (Lipinski definition) is 2. The average molecular weight is 369 g/mol. The van der Waals surface area contributed by atoms with E-state index in [-0.39, 0.29) is 6.03 Å². The molecule has 1 aliphatic carbocycles. The van der Waals surface area contributed by atoms with Crippen LogP contribution in [0.15, 0.2) is 16.6 Å². The minimum absolute atomic E-state index is 0.258. The van der Waals surface area contributed by atoms with Crippen LogP contribution in [0.2, 0.25) is 0 Å². The maximum Gasteiger partial charge on any atom is 0.319 e. The largest absolute Gasteiger partial charge is 0.388 e. The molecule has 5 heteroatoms. The van der Waals surface area contributed by atoms with Crippen molar-refractivity contribution in [3.05, 3.63) is 27.7 Å². The monoisotopic (exact) mass is 368 g/mol. The molecule has 1 fully saturated rings. The first kappa shape index (κ1) is 17.3. The van der Waals surface area contributed by atoms with E-state index in [1.54, 1.807) is 0 Å². The summed E-state index contributed by atoms with van der Waals surface area (Å²) in [6.07, 6.45) is 5.94. The van der Waals surface area contributed by atoms with Gasteiger partial charge in [0.15, 0.2) is 0 Å². The van der Waals surface area contributed by atoms with Crippen molar-refractivity contribution in [3.8, 4) is 0 Å². The van der Waals surface area contributed by atoms with E-state index in [2.05, 4.69) is 26.6 Å². The molecule has 0 aliphatic heterocycles. The van der Waals surface area contributed by atoms with Gasteiger partial charge in [-0.05, 0) is 49.9 Å². The fourth-order valence-electron chi connectivity index (χ4n) is 3.07. The van der Waals surface area contributed by atoms with E-state index in [0.717, 1.165) is 47.0 Å². The molecule has 1 saturated carbocycles. The third-order valence-corrected chi connectivity index (χ3v) is 4.81. The minimum Gasteiger partial charge on any atom is -0.388 e. The van der Waals surface area contributed by atoms with Crippen LogP contribution in [-0.4, -0.2) is 23.3 Å². The summed E-state index contributed by atoms with van der Waals surface area (Å²) in [4.78, 5) is 12.1. The van der Waals surface area contributed by atoms with Gasteiger partial charge in [-0.15, -0.1) is 0 Å². The summed E-state index contributed by atoms with van der Waals surface area (Å²) >= 11 is 3.45. The number of nitrogens with one attached hydrogen (secondary N) is 2. The van der Waals surface area contributed by atoms with Crippen molar-refractivity contribution in [3.63, 3.8) is 0 Å². The Bertz CT molecular complexity index is 514. The van der Waals surface area contributed by atoms with Gasteiger partial charge in [0.1, 0.15) is 0 Å². The van der Waals surface area contributed by atoms with Gasteiger partial charge in [-0.1, -0.05) is 41.6 Å². The number of rotatable bonds is 3. The second-order valence-corrected chi connectivity index (χ2v) is 7.28. The van der Waals surface area contributed by atoms with Crippen molar-refractivity contribution in [1.29, 1.82) is 0 Å². The number of aryl methyl sites for hydroxylation is 2. The Labute approximate surface area is 140 Å². The molecule has 22 heavy (non-hydrogen) atoms. The number of carbonyl (C=O) groups excluding carboxylic acids is 1. The van der Waals surface area contributed by atoms with Crippen LogP contribution >= 0.6 is 15.9 Å². The molecule has 4 nitrogen and oxygen atoms in total. The molecule has 3 N–H and O–H groups in total. The van der Waals surface area contributed by atoms with Gasteiger partial charge in [0.2, 0.25) is 0 Å². The van der Waals surface area contributed by atoms with Crippen LogP contribution in [0.1, 0.15) is 49.7 Å². The molecular weight excluding hydrogens is 344 g/mol. The number of urea groups is 1. The highest BCUT2D eigenvalue weighted by atomic mass is 79.9. The van der Waals surface area contributed by atoms with Crippen LogP contribution in [0.25, 0.3) is 0 Å². The van der Waals surface area contributed by atoms with E-state index in [4.69, 9.17) is 0 Å².